The molecule has 24 heavy (non-hydrogen) atoms. The van der Waals surface area contributed by atoms with E-state index in [2.05, 4.69) is 48.7 Å². The van der Waals surface area contributed by atoms with Crippen molar-refractivity contribution in [1.82, 2.24) is 0 Å². The molecule has 2 aromatic carbocycles. The Morgan fingerprint density at radius 2 is 1.92 bits per heavy atom. The summed E-state index contributed by atoms with van der Waals surface area (Å²) >= 11 is 0. The van der Waals surface area contributed by atoms with E-state index < -0.39 is 0 Å². The second-order valence-corrected chi connectivity index (χ2v) is 5.61. The lowest BCUT2D eigenvalue weighted by atomic mass is 10.2. The maximum absolute atomic E-state index is 5.87. The van der Waals surface area contributed by atoms with E-state index in [0.29, 0.717) is 23.7 Å². The summed E-state index contributed by atoms with van der Waals surface area (Å²) in [5, 5.41) is 0. The minimum Gasteiger partial charge on any atom is -0.487 e. The summed E-state index contributed by atoms with van der Waals surface area (Å²) in [6.45, 7) is 7.97. The molecule has 0 radical (unpaired) electrons. The molecule has 0 aliphatic carbocycles. The molecule has 0 unspecified atom stereocenters. The molecule has 0 aromatic heterocycles. The molecular formula is C20H25N3O. The Morgan fingerprint density at radius 1 is 1.08 bits per heavy atom. The predicted molar refractivity (Wildman–Crippen MR) is 103 cm³/mol. The summed E-state index contributed by atoms with van der Waals surface area (Å²) in [5.74, 6) is 0.649. The third-order valence-corrected chi connectivity index (χ3v) is 3.58. The molecular weight excluding hydrogens is 298 g/mol. The summed E-state index contributed by atoms with van der Waals surface area (Å²) < 4.78 is 5.65. The zero-order chi connectivity index (χ0) is 17.4. The fourth-order valence-electron chi connectivity index (χ4n) is 2.37. The average Bonchev–Trinajstić information content (AvgIpc) is 2.55. The van der Waals surface area contributed by atoms with Crippen LogP contribution in [0.2, 0.25) is 0 Å². The Bertz CT molecular complexity index is 710. The molecule has 0 spiro atoms. The molecule has 0 aliphatic heterocycles. The Morgan fingerprint density at radius 3 is 2.62 bits per heavy atom. The van der Waals surface area contributed by atoms with Gasteiger partial charge in [-0.3, -0.25) is 0 Å². The normalized spacial score (nSPS) is 10.7. The van der Waals surface area contributed by atoms with Crippen molar-refractivity contribution in [2.24, 2.45) is 0 Å². The van der Waals surface area contributed by atoms with Crippen LogP contribution in [-0.4, -0.2) is 19.7 Å². The molecule has 4 heteroatoms. The molecule has 4 N–H and O–H groups in total. The molecule has 0 fully saturated rings. The molecule has 0 saturated heterocycles. The van der Waals surface area contributed by atoms with Crippen LogP contribution in [0.4, 0.5) is 17.1 Å². The van der Waals surface area contributed by atoms with E-state index in [9.17, 15) is 0 Å². The van der Waals surface area contributed by atoms with E-state index in [-0.39, 0.29) is 0 Å². The molecule has 0 bridgehead atoms. The number of ether oxygens (including phenoxy) is 1. The number of nitrogens with two attached hydrogens (primary N) is 2. The van der Waals surface area contributed by atoms with Gasteiger partial charge < -0.3 is 21.1 Å². The van der Waals surface area contributed by atoms with Gasteiger partial charge in [0, 0.05) is 24.5 Å². The van der Waals surface area contributed by atoms with Crippen molar-refractivity contribution in [3.05, 3.63) is 72.8 Å². The monoisotopic (exact) mass is 323 g/mol. The molecule has 2 rings (SSSR count). The number of nitrogen functional groups attached to an aromatic ring is 2. The number of hydrogen-bond donors (Lipinski definition) is 2. The highest BCUT2D eigenvalue weighted by Gasteiger charge is 2.03. The predicted octanol–water partition coefficient (Wildman–Crippen LogP) is 3.79. The van der Waals surface area contributed by atoms with Crippen molar-refractivity contribution in [2.75, 3.05) is 36.1 Å². The van der Waals surface area contributed by atoms with Crippen LogP contribution in [0.25, 0.3) is 0 Å². The number of rotatable bonds is 8. The van der Waals surface area contributed by atoms with Gasteiger partial charge in [0.1, 0.15) is 12.4 Å². The van der Waals surface area contributed by atoms with Crippen molar-refractivity contribution < 1.29 is 4.74 Å². The molecule has 0 heterocycles. The summed E-state index contributed by atoms with van der Waals surface area (Å²) in [7, 11) is 0. The molecule has 0 saturated carbocycles. The molecule has 2 aromatic rings. The van der Waals surface area contributed by atoms with Crippen molar-refractivity contribution in [1.29, 1.82) is 0 Å². The second kappa shape index (κ2) is 8.67. The van der Waals surface area contributed by atoms with Crippen LogP contribution in [0.5, 0.6) is 5.75 Å². The van der Waals surface area contributed by atoms with E-state index in [1.165, 1.54) is 11.3 Å². The number of hydrogen-bond acceptors (Lipinski definition) is 4. The first kappa shape index (κ1) is 17.5. The molecule has 0 atom stereocenters. The van der Waals surface area contributed by atoms with E-state index in [4.69, 9.17) is 16.2 Å². The fraction of sp³-hybridized carbons (Fsp3) is 0.200. The molecule has 0 aliphatic rings. The second-order valence-electron chi connectivity index (χ2n) is 5.61. The number of benzene rings is 2. The summed E-state index contributed by atoms with van der Waals surface area (Å²) in [5.41, 5.74) is 15.1. The van der Waals surface area contributed by atoms with Gasteiger partial charge in [-0.2, -0.15) is 0 Å². The summed E-state index contributed by atoms with van der Waals surface area (Å²) in [6.07, 6.45) is 5.97. The topological polar surface area (TPSA) is 64.5 Å². The van der Waals surface area contributed by atoms with Crippen molar-refractivity contribution >= 4 is 17.1 Å². The van der Waals surface area contributed by atoms with Crippen LogP contribution >= 0.6 is 0 Å². The van der Waals surface area contributed by atoms with Gasteiger partial charge in [0.2, 0.25) is 0 Å². The zero-order valence-corrected chi connectivity index (χ0v) is 14.1. The summed E-state index contributed by atoms with van der Waals surface area (Å²) in [6, 6.07) is 13.7. The number of anilines is 3. The third-order valence-electron chi connectivity index (χ3n) is 3.58. The highest BCUT2D eigenvalue weighted by molar-refractivity contribution is 5.60. The maximum atomic E-state index is 5.87. The van der Waals surface area contributed by atoms with Gasteiger partial charge in [0.25, 0.3) is 0 Å². The number of aryl methyl sites for hydroxylation is 1. The van der Waals surface area contributed by atoms with Crippen molar-refractivity contribution in [2.45, 2.75) is 6.92 Å². The van der Waals surface area contributed by atoms with Crippen LogP contribution in [-0.2, 0) is 0 Å². The van der Waals surface area contributed by atoms with Gasteiger partial charge in [0.15, 0.2) is 0 Å². The SMILES string of the molecule is C=CCN(C/C=C/COc1ccc(N)cc1N)c1cccc(C)c1. The standard InChI is InChI=1S/C20H25N3O/c1-3-11-23(18-8-6-7-16(2)14-18)12-4-5-13-24-20-10-9-17(21)15-19(20)22/h3-10,14-15H,1,11-13,21-22H2,2H3/b5-4+. The Hall–Kier alpha value is -2.88. The highest BCUT2D eigenvalue weighted by atomic mass is 16.5. The first-order chi connectivity index (χ1) is 11.6. The first-order valence-corrected chi connectivity index (χ1v) is 7.95. The van der Waals surface area contributed by atoms with Crippen molar-refractivity contribution in [3.8, 4) is 5.75 Å². The lowest BCUT2D eigenvalue weighted by Gasteiger charge is -2.22. The van der Waals surface area contributed by atoms with Gasteiger partial charge in [-0.25, -0.2) is 0 Å². The molecule has 126 valence electrons. The van der Waals surface area contributed by atoms with Crippen LogP contribution in [0.1, 0.15) is 5.56 Å². The molecule has 4 nitrogen and oxygen atoms in total. The lowest BCUT2D eigenvalue weighted by molar-refractivity contribution is 0.364. The van der Waals surface area contributed by atoms with Crippen LogP contribution in [0, 0.1) is 6.92 Å². The Labute approximate surface area is 144 Å². The quantitative estimate of drug-likeness (QED) is 0.573. The van der Waals surface area contributed by atoms with Gasteiger partial charge in [0.05, 0.1) is 5.69 Å². The molecule has 0 amide bonds. The van der Waals surface area contributed by atoms with Gasteiger partial charge >= 0.3 is 0 Å². The number of nitrogens with zero attached hydrogens (tertiary/aromatic N) is 1. The fourth-order valence-corrected chi connectivity index (χ4v) is 2.37. The third kappa shape index (κ3) is 5.09. The maximum Gasteiger partial charge on any atom is 0.142 e. The van der Waals surface area contributed by atoms with Crippen molar-refractivity contribution in [3.63, 3.8) is 0 Å². The smallest absolute Gasteiger partial charge is 0.142 e. The zero-order valence-electron chi connectivity index (χ0n) is 14.1. The van der Waals surface area contributed by atoms with E-state index in [1.54, 1.807) is 18.2 Å². The van der Waals surface area contributed by atoms with Crippen LogP contribution in [0.3, 0.4) is 0 Å². The lowest BCUT2D eigenvalue weighted by Crippen LogP contribution is -2.23. The van der Waals surface area contributed by atoms with Gasteiger partial charge in [-0.15, -0.1) is 6.58 Å². The first-order valence-electron chi connectivity index (χ1n) is 7.95. The largest absolute Gasteiger partial charge is 0.487 e. The Balaban J connectivity index is 1.89. The minimum absolute atomic E-state index is 0.462. The minimum atomic E-state index is 0.462. The van der Waals surface area contributed by atoms with Gasteiger partial charge in [-0.1, -0.05) is 24.3 Å². The van der Waals surface area contributed by atoms with Crippen LogP contribution in [0.15, 0.2) is 67.3 Å². The van der Waals surface area contributed by atoms with Crippen LogP contribution < -0.4 is 21.1 Å². The van der Waals surface area contributed by atoms with E-state index in [0.717, 1.165) is 13.1 Å². The summed E-state index contributed by atoms with van der Waals surface area (Å²) in [4.78, 5) is 2.24. The van der Waals surface area contributed by atoms with Gasteiger partial charge in [-0.05, 0) is 48.9 Å². The van der Waals surface area contributed by atoms with E-state index >= 15 is 0 Å². The Kier molecular flexibility index (Phi) is 6.32. The highest BCUT2D eigenvalue weighted by Crippen LogP contribution is 2.23. The average molecular weight is 323 g/mol. The van der Waals surface area contributed by atoms with E-state index in [1.807, 2.05) is 12.2 Å².